The predicted octanol–water partition coefficient (Wildman–Crippen LogP) is 2.53. The van der Waals surface area contributed by atoms with Crippen LogP contribution in [0.15, 0.2) is 0 Å². The number of hydrogen-bond donors (Lipinski definition) is 0. The standard InChI is InChI=1S/C14H22O3/c1-16-13(15)11-9-17-14-8-4-2-3-5-10(14)6-7-12(11)14/h10-12H,2-9H2,1H3/t10-,11?,12-,14+/m1/s1. The molecule has 3 heteroatoms. The molecule has 1 unspecified atom stereocenters. The lowest BCUT2D eigenvalue weighted by Crippen LogP contribution is -2.39. The Labute approximate surface area is 103 Å². The predicted molar refractivity (Wildman–Crippen MR) is 63.5 cm³/mol. The zero-order valence-corrected chi connectivity index (χ0v) is 10.6. The van der Waals surface area contributed by atoms with Crippen molar-refractivity contribution >= 4 is 5.97 Å². The van der Waals surface area contributed by atoms with Crippen LogP contribution >= 0.6 is 0 Å². The van der Waals surface area contributed by atoms with Crippen LogP contribution in [0.2, 0.25) is 0 Å². The molecule has 3 aliphatic rings. The summed E-state index contributed by atoms with van der Waals surface area (Å²) in [5, 5.41) is 0. The minimum Gasteiger partial charge on any atom is -0.469 e. The molecule has 1 heterocycles. The summed E-state index contributed by atoms with van der Waals surface area (Å²) in [6.45, 7) is 0.591. The minimum atomic E-state index is -0.0585. The van der Waals surface area contributed by atoms with E-state index in [1.807, 2.05) is 0 Å². The van der Waals surface area contributed by atoms with Gasteiger partial charge in [0.1, 0.15) is 0 Å². The van der Waals surface area contributed by atoms with Crippen molar-refractivity contribution in [3.63, 3.8) is 0 Å². The molecule has 0 bridgehead atoms. The Balaban J connectivity index is 1.85. The van der Waals surface area contributed by atoms with Crippen LogP contribution in [-0.2, 0) is 14.3 Å². The molecule has 1 aliphatic heterocycles. The molecule has 1 saturated heterocycles. The molecule has 1 spiro atoms. The second kappa shape index (κ2) is 4.27. The molecule has 0 aromatic rings. The van der Waals surface area contributed by atoms with Gasteiger partial charge in [0.2, 0.25) is 0 Å². The monoisotopic (exact) mass is 238 g/mol. The molecule has 17 heavy (non-hydrogen) atoms. The molecule has 3 rings (SSSR count). The Morgan fingerprint density at radius 1 is 1.24 bits per heavy atom. The molecular weight excluding hydrogens is 216 g/mol. The topological polar surface area (TPSA) is 35.5 Å². The van der Waals surface area contributed by atoms with E-state index in [0.29, 0.717) is 18.4 Å². The van der Waals surface area contributed by atoms with E-state index in [-0.39, 0.29) is 17.5 Å². The second-order valence-electron chi connectivity index (χ2n) is 5.88. The quantitative estimate of drug-likeness (QED) is 0.658. The molecule has 4 atom stereocenters. The molecule has 0 aromatic carbocycles. The fourth-order valence-corrected chi connectivity index (χ4v) is 4.50. The number of rotatable bonds is 1. The lowest BCUT2D eigenvalue weighted by Gasteiger charge is -2.34. The van der Waals surface area contributed by atoms with Crippen LogP contribution in [0.5, 0.6) is 0 Å². The zero-order chi connectivity index (χ0) is 11.9. The fraction of sp³-hybridized carbons (Fsp3) is 0.929. The molecule has 0 radical (unpaired) electrons. The highest BCUT2D eigenvalue weighted by Crippen LogP contribution is 2.56. The van der Waals surface area contributed by atoms with Crippen molar-refractivity contribution in [1.82, 2.24) is 0 Å². The lowest BCUT2D eigenvalue weighted by atomic mass is 9.77. The summed E-state index contributed by atoms with van der Waals surface area (Å²) in [4.78, 5) is 11.8. The van der Waals surface area contributed by atoms with Gasteiger partial charge in [-0.05, 0) is 31.6 Å². The van der Waals surface area contributed by atoms with Gasteiger partial charge < -0.3 is 9.47 Å². The number of hydrogen-bond acceptors (Lipinski definition) is 3. The van der Waals surface area contributed by atoms with Crippen molar-refractivity contribution in [3.05, 3.63) is 0 Å². The second-order valence-corrected chi connectivity index (χ2v) is 5.88. The molecule has 0 amide bonds. The summed E-state index contributed by atoms with van der Waals surface area (Å²) in [6, 6.07) is 0. The summed E-state index contributed by atoms with van der Waals surface area (Å²) in [5.41, 5.74) is 0.0371. The van der Waals surface area contributed by atoms with E-state index in [4.69, 9.17) is 9.47 Å². The van der Waals surface area contributed by atoms with E-state index >= 15 is 0 Å². The lowest BCUT2D eigenvalue weighted by molar-refractivity contribution is -0.146. The first kappa shape index (κ1) is 11.5. The van der Waals surface area contributed by atoms with Crippen molar-refractivity contribution in [3.8, 4) is 0 Å². The van der Waals surface area contributed by atoms with Gasteiger partial charge in [-0.25, -0.2) is 0 Å². The van der Waals surface area contributed by atoms with E-state index < -0.39 is 0 Å². The van der Waals surface area contributed by atoms with E-state index in [0.717, 1.165) is 12.8 Å². The number of carbonyl (C=O) groups excluding carboxylic acids is 1. The zero-order valence-electron chi connectivity index (χ0n) is 10.6. The maximum atomic E-state index is 11.8. The Hall–Kier alpha value is -0.570. The largest absolute Gasteiger partial charge is 0.469 e. The van der Waals surface area contributed by atoms with Gasteiger partial charge in [0.05, 0.1) is 25.2 Å². The highest BCUT2D eigenvalue weighted by atomic mass is 16.5. The first-order chi connectivity index (χ1) is 8.28. The molecule has 2 aliphatic carbocycles. The van der Waals surface area contributed by atoms with E-state index in [2.05, 4.69) is 0 Å². The van der Waals surface area contributed by atoms with Gasteiger partial charge in [-0.3, -0.25) is 4.79 Å². The average Bonchev–Trinajstić information content (AvgIpc) is 2.79. The van der Waals surface area contributed by atoms with E-state index in [1.54, 1.807) is 0 Å². The van der Waals surface area contributed by atoms with Crippen LogP contribution in [0.1, 0.15) is 44.9 Å². The maximum Gasteiger partial charge on any atom is 0.311 e. The Morgan fingerprint density at radius 2 is 2.12 bits per heavy atom. The summed E-state index contributed by atoms with van der Waals surface area (Å²) >= 11 is 0. The smallest absolute Gasteiger partial charge is 0.311 e. The molecule has 0 N–H and O–H groups in total. The average molecular weight is 238 g/mol. The summed E-state index contributed by atoms with van der Waals surface area (Å²) in [5.74, 6) is 1.07. The van der Waals surface area contributed by atoms with Crippen molar-refractivity contribution in [2.24, 2.45) is 17.8 Å². The van der Waals surface area contributed by atoms with Gasteiger partial charge in [0.25, 0.3) is 0 Å². The summed E-state index contributed by atoms with van der Waals surface area (Å²) in [7, 11) is 1.49. The molecular formula is C14H22O3. The fourth-order valence-electron chi connectivity index (χ4n) is 4.50. The highest BCUT2D eigenvalue weighted by molar-refractivity contribution is 5.73. The molecule has 3 nitrogen and oxygen atoms in total. The van der Waals surface area contributed by atoms with Crippen molar-refractivity contribution in [2.45, 2.75) is 50.5 Å². The van der Waals surface area contributed by atoms with Gasteiger partial charge in [-0.15, -0.1) is 0 Å². The number of methoxy groups -OCH3 is 1. The van der Waals surface area contributed by atoms with Gasteiger partial charge in [0.15, 0.2) is 0 Å². The molecule has 2 saturated carbocycles. The number of carbonyl (C=O) groups is 1. The van der Waals surface area contributed by atoms with Crippen molar-refractivity contribution in [1.29, 1.82) is 0 Å². The minimum absolute atomic E-state index is 0.00287. The van der Waals surface area contributed by atoms with Gasteiger partial charge >= 0.3 is 5.97 Å². The van der Waals surface area contributed by atoms with Gasteiger partial charge in [0, 0.05) is 5.92 Å². The van der Waals surface area contributed by atoms with Crippen LogP contribution in [0, 0.1) is 17.8 Å². The van der Waals surface area contributed by atoms with Crippen molar-refractivity contribution < 1.29 is 14.3 Å². The highest BCUT2D eigenvalue weighted by Gasteiger charge is 2.59. The van der Waals surface area contributed by atoms with E-state index in [9.17, 15) is 4.79 Å². The third-order valence-corrected chi connectivity index (χ3v) is 5.29. The van der Waals surface area contributed by atoms with Crippen LogP contribution in [0.4, 0.5) is 0 Å². The van der Waals surface area contributed by atoms with Gasteiger partial charge in [-0.1, -0.05) is 19.3 Å². The first-order valence-electron chi connectivity index (χ1n) is 7.00. The summed E-state index contributed by atoms with van der Waals surface area (Å²) < 4.78 is 11.1. The van der Waals surface area contributed by atoms with Crippen LogP contribution < -0.4 is 0 Å². The normalized spacial score (nSPS) is 44.9. The first-order valence-corrected chi connectivity index (χ1v) is 7.00. The van der Waals surface area contributed by atoms with Crippen LogP contribution in [-0.4, -0.2) is 25.3 Å². The van der Waals surface area contributed by atoms with E-state index in [1.165, 1.54) is 39.2 Å². The maximum absolute atomic E-state index is 11.8. The molecule has 3 fully saturated rings. The van der Waals surface area contributed by atoms with Crippen LogP contribution in [0.25, 0.3) is 0 Å². The SMILES string of the molecule is COC(=O)C1CO[C@@]23CCCCC[C@@H]2CC[C@H]13. The number of ether oxygens (including phenoxy) is 2. The Kier molecular flexibility index (Phi) is 2.89. The van der Waals surface area contributed by atoms with Gasteiger partial charge in [-0.2, -0.15) is 0 Å². The Morgan fingerprint density at radius 3 is 2.94 bits per heavy atom. The Bertz CT molecular complexity index is 315. The third-order valence-electron chi connectivity index (χ3n) is 5.29. The van der Waals surface area contributed by atoms with Crippen LogP contribution in [0.3, 0.4) is 0 Å². The molecule has 96 valence electrons. The third kappa shape index (κ3) is 1.62. The van der Waals surface area contributed by atoms with Crippen molar-refractivity contribution in [2.75, 3.05) is 13.7 Å². The molecule has 0 aromatic heterocycles. The summed E-state index contributed by atoms with van der Waals surface area (Å²) in [6.07, 6.45) is 8.80. The number of esters is 1.